The Labute approximate surface area is 72.5 Å². The number of rotatable bonds is 1. The monoisotopic (exact) mass is 166 g/mol. The third-order valence-electron chi connectivity index (χ3n) is 1.53. The van der Waals surface area contributed by atoms with E-state index in [1.807, 2.05) is 12.1 Å². The molecule has 0 amide bonds. The summed E-state index contributed by atoms with van der Waals surface area (Å²) in [4.78, 5) is 0. The second kappa shape index (κ2) is 3.10. The van der Waals surface area contributed by atoms with Gasteiger partial charge in [0.25, 0.3) is 0 Å². The molecule has 1 aromatic carbocycles. The highest BCUT2D eigenvalue weighted by molar-refractivity contribution is 6.48. The Bertz CT molecular complexity index is 267. The summed E-state index contributed by atoms with van der Waals surface area (Å²) >= 11 is 5.75. The van der Waals surface area contributed by atoms with Gasteiger partial charge >= 0.3 is 0 Å². The SMILES string of the molecule is C=C(Cl)c1cc(C)cc(C)c1. The summed E-state index contributed by atoms with van der Waals surface area (Å²) in [7, 11) is 0. The average Bonchev–Trinajstić information content (AvgIpc) is 1.85. The van der Waals surface area contributed by atoms with Gasteiger partial charge in [0.05, 0.1) is 0 Å². The molecule has 0 saturated heterocycles. The van der Waals surface area contributed by atoms with Gasteiger partial charge in [0.1, 0.15) is 0 Å². The molecule has 0 radical (unpaired) electrons. The predicted molar refractivity (Wildman–Crippen MR) is 50.8 cm³/mol. The molecule has 1 aromatic rings. The van der Waals surface area contributed by atoms with Crippen LogP contribution in [0.1, 0.15) is 16.7 Å². The first kappa shape index (κ1) is 8.35. The van der Waals surface area contributed by atoms with Crippen molar-refractivity contribution in [3.63, 3.8) is 0 Å². The van der Waals surface area contributed by atoms with E-state index in [-0.39, 0.29) is 0 Å². The summed E-state index contributed by atoms with van der Waals surface area (Å²) in [5, 5.41) is 0.608. The molecule has 0 nitrogen and oxygen atoms in total. The average molecular weight is 167 g/mol. The highest BCUT2D eigenvalue weighted by atomic mass is 35.5. The van der Waals surface area contributed by atoms with Gasteiger partial charge in [-0.2, -0.15) is 0 Å². The lowest BCUT2D eigenvalue weighted by Gasteiger charge is -2.01. The topological polar surface area (TPSA) is 0 Å². The Balaban J connectivity index is 3.19. The van der Waals surface area contributed by atoms with E-state index in [0.29, 0.717) is 5.03 Å². The van der Waals surface area contributed by atoms with Gasteiger partial charge in [-0.15, -0.1) is 0 Å². The smallest absolute Gasteiger partial charge is 0.0406 e. The molecular weight excluding hydrogens is 156 g/mol. The van der Waals surface area contributed by atoms with Crippen molar-refractivity contribution in [2.75, 3.05) is 0 Å². The van der Waals surface area contributed by atoms with Crippen molar-refractivity contribution in [3.8, 4) is 0 Å². The maximum atomic E-state index is 5.75. The highest BCUT2D eigenvalue weighted by Crippen LogP contribution is 2.18. The molecule has 1 rings (SSSR count). The molecule has 1 heteroatoms. The molecule has 58 valence electrons. The van der Waals surface area contributed by atoms with Crippen LogP contribution in [0.5, 0.6) is 0 Å². The van der Waals surface area contributed by atoms with Crippen LogP contribution in [0, 0.1) is 13.8 Å². The summed E-state index contributed by atoms with van der Waals surface area (Å²) < 4.78 is 0. The summed E-state index contributed by atoms with van der Waals surface area (Å²) in [6.07, 6.45) is 0. The van der Waals surface area contributed by atoms with Crippen LogP contribution in [-0.4, -0.2) is 0 Å². The van der Waals surface area contributed by atoms with Gasteiger partial charge in [-0.3, -0.25) is 0 Å². The minimum Gasteiger partial charge on any atom is -0.0843 e. The highest BCUT2D eigenvalue weighted by Gasteiger charge is 1.96. The Morgan fingerprint density at radius 1 is 1.18 bits per heavy atom. The largest absolute Gasteiger partial charge is 0.0843 e. The van der Waals surface area contributed by atoms with Crippen molar-refractivity contribution in [2.45, 2.75) is 13.8 Å². The lowest BCUT2D eigenvalue weighted by molar-refractivity contribution is 1.37. The van der Waals surface area contributed by atoms with Crippen LogP contribution < -0.4 is 0 Å². The molecule has 0 spiro atoms. The second-order valence-electron chi connectivity index (χ2n) is 2.78. The van der Waals surface area contributed by atoms with Gasteiger partial charge in [-0.25, -0.2) is 0 Å². The fourth-order valence-corrected chi connectivity index (χ4v) is 1.24. The summed E-state index contributed by atoms with van der Waals surface area (Å²) in [6, 6.07) is 6.17. The maximum absolute atomic E-state index is 5.75. The van der Waals surface area contributed by atoms with Crippen LogP contribution in [-0.2, 0) is 0 Å². The lowest BCUT2D eigenvalue weighted by atomic mass is 10.1. The molecule has 0 fully saturated rings. The van der Waals surface area contributed by atoms with Crippen molar-refractivity contribution < 1.29 is 0 Å². The second-order valence-corrected chi connectivity index (χ2v) is 3.24. The number of hydrogen-bond acceptors (Lipinski definition) is 0. The summed E-state index contributed by atoms with van der Waals surface area (Å²) in [5.41, 5.74) is 3.47. The minimum absolute atomic E-state index is 0.608. The number of hydrogen-bond donors (Lipinski definition) is 0. The molecular formula is C10H11Cl. The first-order chi connectivity index (χ1) is 5.09. The van der Waals surface area contributed by atoms with Crippen LogP contribution in [0.25, 0.3) is 5.03 Å². The van der Waals surface area contributed by atoms with Gasteiger partial charge in [0, 0.05) is 5.03 Å². The van der Waals surface area contributed by atoms with Crippen molar-refractivity contribution >= 4 is 16.6 Å². The van der Waals surface area contributed by atoms with Gasteiger partial charge < -0.3 is 0 Å². The van der Waals surface area contributed by atoms with Crippen LogP contribution in [0.3, 0.4) is 0 Å². The van der Waals surface area contributed by atoms with Gasteiger partial charge in [-0.05, 0) is 19.4 Å². The van der Waals surface area contributed by atoms with Crippen molar-refractivity contribution in [1.29, 1.82) is 0 Å². The fourth-order valence-electron chi connectivity index (χ4n) is 1.13. The molecule has 0 aliphatic rings. The van der Waals surface area contributed by atoms with Crippen molar-refractivity contribution in [3.05, 3.63) is 41.5 Å². The third-order valence-corrected chi connectivity index (χ3v) is 1.75. The quantitative estimate of drug-likeness (QED) is 0.599. The zero-order valence-electron chi connectivity index (χ0n) is 6.82. The molecule has 0 aliphatic carbocycles. The predicted octanol–water partition coefficient (Wildman–Crippen LogP) is 3.51. The van der Waals surface area contributed by atoms with Crippen LogP contribution in [0.2, 0.25) is 0 Å². The van der Waals surface area contributed by atoms with Gasteiger partial charge in [0.15, 0.2) is 0 Å². The molecule has 0 aromatic heterocycles. The van der Waals surface area contributed by atoms with E-state index in [9.17, 15) is 0 Å². The van der Waals surface area contributed by atoms with Crippen molar-refractivity contribution in [1.82, 2.24) is 0 Å². The van der Waals surface area contributed by atoms with Crippen LogP contribution in [0.4, 0.5) is 0 Å². The van der Waals surface area contributed by atoms with Crippen molar-refractivity contribution in [2.24, 2.45) is 0 Å². The Kier molecular flexibility index (Phi) is 2.35. The van der Waals surface area contributed by atoms with E-state index in [0.717, 1.165) is 5.56 Å². The minimum atomic E-state index is 0.608. The molecule has 0 N–H and O–H groups in total. The van der Waals surface area contributed by atoms with Crippen LogP contribution >= 0.6 is 11.6 Å². The van der Waals surface area contributed by atoms with E-state index in [4.69, 9.17) is 11.6 Å². The molecule has 0 atom stereocenters. The number of halogens is 1. The standard InChI is InChI=1S/C10H11Cl/c1-7-4-8(2)6-10(5-7)9(3)11/h4-6H,3H2,1-2H3. The van der Waals surface area contributed by atoms with E-state index in [2.05, 4.69) is 26.5 Å². The maximum Gasteiger partial charge on any atom is 0.0406 e. The Morgan fingerprint density at radius 3 is 2.00 bits per heavy atom. The van der Waals surface area contributed by atoms with Crippen LogP contribution in [0.15, 0.2) is 24.8 Å². The first-order valence-corrected chi connectivity index (χ1v) is 3.90. The molecule has 0 unspecified atom stereocenters. The lowest BCUT2D eigenvalue weighted by Crippen LogP contribution is -1.81. The molecule has 11 heavy (non-hydrogen) atoms. The Hall–Kier alpha value is -0.750. The normalized spacial score (nSPS) is 9.73. The van der Waals surface area contributed by atoms with E-state index in [1.54, 1.807) is 0 Å². The number of benzene rings is 1. The zero-order chi connectivity index (χ0) is 8.43. The van der Waals surface area contributed by atoms with Gasteiger partial charge in [0.2, 0.25) is 0 Å². The molecule has 0 bridgehead atoms. The summed E-state index contributed by atoms with van der Waals surface area (Å²) in [6.45, 7) is 7.78. The van der Waals surface area contributed by atoms with E-state index < -0.39 is 0 Å². The van der Waals surface area contributed by atoms with E-state index in [1.165, 1.54) is 11.1 Å². The molecule has 0 aliphatic heterocycles. The number of aryl methyl sites for hydroxylation is 2. The van der Waals surface area contributed by atoms with Gasteiger partial charge in [-0.1, -0.05) is 47.5 Å². The Morgan fingerprint density at radius 2 is 1.64 bits per heavy atom. The van der Waals surface area contributed by atoms with E-state index >= 15 is 0 Å². The molecule has 0 heterocycles. The summed E-state index contributed by atoms with van der Waals surface area (Å²) in [5.74, 6) is 0. The fraction of sp³-hybridized carbons (Fsp3) is 0.200. The third kappa shape index (κ3) is 2.09. The first-order valence-electron chi connectivity index (χ1n) is 3.52. The zero-order valence-corrected chi connectivity index (χ0v) is 7.57. The molecule has 0 saturated carbocycles.